The van der Waals surface area contributed by atoms with Crippen molar-refractivity contribution in [2.75, 3.05) is 12.8 Å². The lowest BCUT2D eigenvalue weighted by Gasteiger charge is -2.24. The molecule has 0 saturated heterocycles. The molecule has 0 saturated carbocycles. The van der Waals surface area contributed by atoms with Gasteiger partial charge in [-0.05, 0) is 37.3 Å². The smallest absolute Gasteiger partial charge is 0.316 e. The lowest BCUT2D eigenvalue weighted by atomic mass is 10.1. The van der Waals surface area contributed by atoms with Gasteiger partial charge in [0.1, 0.15) is 5.66 Å². The van der Waals surface area contributed by atoms with E-state index in [0.29, 0.717) is 6.42 Å². The predicted octanol–water partition coefficient (Wildman–Crippen LogP) is 4.63. The van der Waals surface area contributed by atoms with E-state index in [2.05, 4.69) is 0 Å². The van der Waals surface area contributed by atoms with E-state index in [1.54, 1.807) is 6.92 Å². The molecule has 0 amide bonds. The zero-order valence-corrected chi connectivity index (χ0v) is 15.4. The Morgan fingerprint density at radius 1 is 1.04 bits per heavy atom. The fourth-order valence-electron chi connectivity index (χ4n) is 2.91. The van der Waals surface area contributed by atoms with Crippen molar-refractivity contribution in [3.63, 3.8) is 0 Å². The van der Waals surface area contributed by atoms with E-state index >= 15 is 0 Å². The minimum absolute atomic E-state index is 0.221. The molecule has 0 spiro atoms. The van der Waals surface area contributed by atoms with Crippen LogP contribution in [0.25, 0.3) is 0 Å². The van der Waals surface area contributed by atoms with Crippen molar-refractivity contribution in [1.82, 2.24) is 0 Å². The summed E-state index contributed by atoms with van der Waals surface area (Å²) in [5.74, 6) is -1.06. The van der Waals surface area contributed by atoms with Crippen molar-refractivity contribution in [3.05, 3.63) is 71.8 Å². The number of hydrogen-bond acceptors (Lipinski definition) is 3. The van der Waals surface area contributed by atoms with Crippen molar-refractivity contribution in [2.24, 2.45) is 0 Å². The molecule has 0 aliphatic carbocycles. The van der Waals surface area contributed by atoms with Crippen LogP contribution in [0.1, 0.15) is 24.5 Å². The second-order valence-corrected chi connectivity index (χ2v) is 8.78. The van der Waals surface area contributed by atoms with Crippen LogP contribution < -0.4 is 0 Å². The third-order valence-corrected chi connectivity index (χ3v) is 7.15. The first-order valence-electron chi connectivity index (χ1n) is 8.59. The molecule has 0 aliphatic heterocycles. The SMILES string of the molecule is CCOP(=O)(CCCc1ccccc1)[C@@H](Cc1ccccc1)C(=O)O. The highest BCUT2D eigenvalue weighted by Crippen LogP contribution is 2.53. The van der Waals surface area contributed by atoms with E-state index in [9.17, 15) is 14.5 Å². The third-order valence-electron chi connectivity index (χ3n) is 4.16. The van der Waals surface area contributed by atoms with Crippen LogP contribution in [0.2, 0.25) is 0 Å². The fourth-order valence-corrected chi connectivity index (χ4v) is 5.39. The number of benzene rings is 2. The van der Waals surface area contributed by atoms with Gasteiger partial charge in [0, 0.05) is 6.16 Å². The number of carbonyl (C=O) groups is 1. The molecule has 5 heteroatoms. The molecule has 0 bridgehead atoms. The molecule has 1 unspecified atom stereocenters. The molecule has 4 nitrogen and oxygen atoms in total. The number of aliphatic carboxylic acids is 1. The van der Waals surface area contributed by atoms with Crippen LogP contribution in [0.4, 0.5) is 0 Å². The molecule has 2 rings (SSSR count). The normalized spacial score (nSPS) is 14.6. The summed E-state index contributed by atoms with van der Waals surface area (Å²) in [4.78, 5) is 11.8. The van der Waals surface area contributed by atoms with E-state index in [4.69, 9.17) is 4.52 Å². The summed E-state index contributed by atoms with van der Waals surface area (Å²) >= 11 is 0. The molecule has 2 aromatic carbocycles. The van der Waals surface area contributed by atoms with Gasteiger partial charge >= 0.3 is 5.97 Å². The lowest BCUT2D eigenvalue weighted by molar-refractivity contribution is -0.136. The van der Waals surface area contributed by atoms with Crippen molar-refractivity contribution in [2.45, 2.75) is 31.8 Å². The van der Waals surface area contributed by atoms with Gasteiger partial charge in [0.05, 0.1) is 6.61 Å². The summed E-state index contributed by atoms with van der Waals surface area (Å²) in [7, 11) is -3.29. The standard InChI is InChI=1S/C20H25O4P/c1-2-24-25(23,15-9-14-17-10-5-3-6-11-17)19(20(21)22)16-18-12-7-4-8-13-18/h3-8,10-13,19H,2,9,14-16H2,1H3,(H,21,22)/t19-,25?/m0/s1. The highest BCUT2D eigenvalue weighted by molar-refractivity contribution is 7.60. The second kappa shape index (κ2) is 9.55. The van der Waals surface area contributed by atoms with E-state index in [1.165, 1.54) is 0 Å². The lowest BCUT2D eigenvalue weighted by Crippen LogP contribution is -2.26. The summed E-state index contributed by atoms with van der Waals surface area (Å²) < 4.78 is 18.9. The molecule has 2 aromatic rings. The Labute approximate surface area is 149 Å². The van der Waals surface area contributed by atoms with Crippen LogP contribution in [0.5, 0.6) is 0 Å². The Kier molecular flexibility index (Phi) is 7.42. The zero-order chi connectivity index (χ0) is 18.1. The minimum Gasteiger partial charge on any atom is -0.481 e. The largest absolute Gasteiger partial charge is 0.481 e. The predicted molar refractivity (Wildman–Crippen MR) is 100 cm³/mol. The molecular formula is C20H25O4P. The van der Waals surface area contributed by atoms with Crippen molar-refractivity contribution < 1.29 is 19.0 Å². The van der Waals surface area contributed by atoms with Crippen molar-refractivity contribution in [3.8, 4) is 0 Å². The number of hydrogen-bond donors (Lipinski definition) is 1. The molecule has 25 heavy (non-hydrogen) atoms. The van der Waals surface area contributed by atoms with Gasteiger partial charge in [-0.1, -0.05) is 60.7 Å². The van der Waals surface area contributed by atoms with Gasteiger partial charge in [0.2, 0.25) is 7.37 Å². The Hall–Kier alpha value is -1.90. The summed E-state index contributed by atoms with van der Waals surface area (Å²) in [6, 6.07) is 19.2. The molecule has 134 valence electrons. The first-order chi connectivity index (χ1) is 12.0. The van der Waals surface area contributed by atoms with Crippen LogP contribution in [0.3, 0.4) is 0 Å². The average Bonchev–Trinajstić information content (AvgIpc) is 2.61. The summed E-state index contributed by atoms with van der Waals surface area (Å²) in [5.41, 5.74) is 1.00. The maximum absolute atomic E-state index is 13.3. The molecule has 0 aliphatic rings. The second-order valence-electron chi connectivity index (χ2n) is 6.00. The van der Waals surface area contributed by atoms with Crippen molar-refractivity contribution in [1.29, 1.82) is 0 Å². The number of carboxylic acid groups (broad SMARTS) is 1. The van der Waals surface area contributed by atoms with Crippen LogP contribution in [0, 0.1) is 0 Å². The highest BCUT2D eigenvalue weighted by atomic mass is 31.2. The highest BCUT2D eigenvalue weighted by Gasteiger charge is 2.39. The summed E-state index contributed by atoms with van der Waals surface area (Å²) in [6.45, 7) is 2.01. The van der Waals surface area contributed by atoms with Gasteiger partial charge in [0.15, 0.2) is 0 Å². The zero-order valence-electron chi connectivity index (χ0n) is 14.5. The van der Waals surface area contributed by atoms with Gasteiger partial charge in [-0.25, -0.2) is 0 Å². The van der Waals surface area contributed by atoms with E-state index in [1.807, 2.05) is 60.7 Å². The minimum atomic E-state index is -3.29. The van der Waals surface area contributed by atoms with E-state index < -0.39 is 19.0 Å². The Morgan fingerprint density at radius 2 is 1.60 bits per heavy atom. The van der Waals surface area contributed by atoms with Crippen LogP contribution in [-0.4, -0.2) is 29.5 Å². The third kappa shape index (κ3) is 5.84. The van der Waals surface area contributed by atoms with Crippen LogP contribution in [-0.2, 0) is 26.7 Å². The number of carboxylic acids is 1. The summed E-state index contributed by atoms with van der Waals surface area (Å²) in [6.07, 6.45) is 1.90. The Morgan fingerprint density at radius 3 is 2.12 bits per heavy atom. The molecule has 0 radical (unpaired) electrons. The molecule has 0 heterocycles. The maximum Gasteiger partial charge on any atom is 0.316 e. The van der Waals surface area contributed by atoms with E-state index in [0.717, 1.165) is 17.5 Å². The van der Waals surface area contributed by atoms with Gasteiger partial charge in [-0.3, -0.25) is 9.36 Å². The van der Waals surface area contributed by atoms with Gasteiger partial charge in [0.25, 0.3) is 0 Å². The quantitative estimate of drug-likeness (QED) is 0.628. The van der Waals surface area contributed by atoms with Crippen molar-refractivity contribution >= 4 is 13.3 Å². The first kappa shape index (κ1) is 19.4. The number of aryl methyl sites for hydroxylation is 1. The van der Waals surface area contributed by atoms with E-state index in [-0.39, 0.29) is 19.2 Å². The molecule has 1 N–H and O–H groups in total. The maximum atomic E-state index is 13.3. The van der Waals surface area contributed by atoms with Gasteiger partial charge in [-0.2, -0.15) is 0 Å². The molecular weight excluding hydrogens is 335 g/mol. The van der Waals surface area contributed by atoms with Crippen LogP contribution in [0.15, 0.2) is 60.7 Å². The van der Waals surface area contributed by atoms with Gasteiger partial charge < -0.3 is 9.63 Å². The van der Waals surface area contributed by atoms with Crippen LogP contribution >= 0.6 is 7.37 Å². The summed E-state index contributed by atoms with van der Waals surface area (Å²) in [5, 5.41) is 9.66. The Balaban J connectivity index is 2.10. The Bertz CT molecular complexity index is 700. The topological polar surface area (TPSA) is 63.6 Å². The molecule has 0 fully saturated rings. The first-order valence-corrected chi connectivity index (χ1v) is 10.5. The van der Waals surface area contributed by atoms with Gasteiger partial charge in [-0.15, -0.1) is 0 Å². The monoisotopic (exact) mass is 360 g/mol. The molecule has 0 aromatic heterocycles. The molecule has 2 atom stereocenters. The average molecular weight is 360 g/mol. The number of rotatable bonds is 10. The fraction of sp³-hybridized carbons (Fsp3) is 0.350.